The summed E-state index contributed by atoms with van der Waals surface area (Å²) in [5.41, 5.74) is 7.12. The standard InChI is InChI=1S/C13H13NO3S/c1-16-10-6-4-3-5-8(10)11-7-9(12(14)18-11)13(15)17-2/h3-7H,14H2,1-2H3. The molecule has 18 heavy (non-hydrogen) atoms. The van der Waals surface area contributed by atoms with Crippen molar-refractivity contribution in [3.8, 4) is 16.2 Å². The van der Waals surface area contributed by atoms with Crippen LogP contribution < -0.4 is 10.5 Å². The Labute approximate surface area is 109 Å². The van der Waals surface area contributed by atoms with Gasteiger partial charge in [-0.25, -0.2) is 4.79 Å². The van der Waals surface area contributed by atoms with Gasteiger partial charge < -0.3 is 15.2 Å². The smallest absolute Gasteiger partial charge is 0.340 e. The Bertz CT molecular complexity index is 577. The molecule has 0 aliphatic carbocycles. The van der Waals surface area contributed by atoms with E-state index in [0.717, 1.165) is 16.2 Å². The molecule has 0 saturated heterocycles. The zero-order valence-corrected chi connectivity index (χ0v) is 10.9. The van der Waals surface area contributed by atoms with Crippen LogP contribution in [0.4, 0.5) is 5.00 Å². The first-order valence-corrected chi connectivity index (χ1v) is 6.10. The SMILES string of the molecule is COC(=O)c1cc(-c2ccccc2OC)sc1N. The second kappa shape index (κ2) is 5.10. The molecule has 4 nitrogen and oxygen atoms in total. The Balaban J connectivity index is 2.49. The number of nitrogens with two attached hydrogens (primary N) is 1. The highest BCUT2D eigenvalue weighted by atomic mass is 32.1. The normalized spacial score (nSPS) is 10.1. The van der Waals surface area contributed by atoms with Gasteiger partial charge in [0.2, 0.25) is 0 Å². The summed E-state index contributed by atoms with van der Waals surface area (Å²) in [5, 5.41) is 0.447. The number of nitrogen functional groups attached to an aromatic ring is 1. The van der Waals surface area contributed by atoms with E-state index in [1.807, 2.05) is 24.3 Å². The number of hydrogen-bond acceptors (Lipinski definition) is 5. The minimum atomic E-state index is -0.426. The predicted octanol–water partition coefficient (Wildman–Crippen LogP) is 2.79. The van der Waals surface area contributed by atoms with Crippen molar-refractivity contribution in [3.05, 3.63) is 35.9 Å². The maximum atomic E-state index is 11.5. The summed E-state index contributed by atoms with van der Waals surface area (Å²) in [7, 11) is 2.94. The first kappa shape index (κ1) is 12.4. The molecule has 2 aromatic rings. The fourth-order valence-corrected chi connectivity index (χ4v) is 2.60. The van der Waals surface area contributed by atoms with Crippen LogP contribution in [0.1, 0.15) is 10.4 Å². The second-order valence-electron chi connectivity index (χ2n) is 3.58. The molecule has 0 atom stereocenters. The van der Waals surface area contributed by atoms with E-state index in [1.165, 1.54) is 18.4 Å². The monoisotopic (exact) mass is 263 g/mol. The Morgan fingerprint density at radius 2 is 2.00 bits per heavy atom. The van der Waals surface area contributed by atoms with E-state index in [4.69, 9.17) is 10.5 Å². The highest BCUT2D eigenvalue weighted by Gasteiger charge is 2.16. The van der Waals surface area contributed by atoms with Gasteiger partial charge in [-0.2, -0.15) is 0 Å². The van der Waals surface area contributed by atoms with E-state index in [9.17, 15) is 4.79 Å². The van der Waals surface area contributed by atoms with Crippen LogP contribution in [0.3, 0.4) is 0 Å². The van der Waals surface area contributed by atoms with Crippen LogP contribution in [0, 0.1) is 0 Å². The van der Waals surface area contributed by atoms with Crippen LogP contribution in [0.2, 0.25) is 0 Å². The molecule has 0 spiro atoms. The molecule has 0 amide bonds. The molecule has 0 fully saturated rings. The first-order valence-electron chi connectivity index (χ1n) is 5.28. The van der Waals surface area contributed by atoms with Crippen molar-refractivity contribution in [2.75, 3.05) is 20.0 Å². The highest BCUT2D eigenvalue weighted by Crippen LogP contribution is 2.38. The van der Waals surface area contributed by atoms with Crippen molar-refractivity contribution in [3.63, 3.8) is 0 Å². The molecule has 1 aromatic carbocycles. The molecule has 1 heterocycles. The third-order valence-corrected chi connectivity index (χ3v) is 3.54. The number of anilines is 1. The summed E-state index contributed by atoms with van der Waals surface area (Å²) in [5.74, 6) is 0.320. The van der Waals surface area contributed by atoms with Crippen LogP contribution in [0.25, 0.3) is 10.4 Å². The number of para-hydroxylation sites is 1. The lowest BCUT2D eigenvalue weighted by atomic mass is 10.1. The molecular formula is C13H13NO3S. The average molecular weight is 263 g/mol. The topological polar surface area (TPSA) is 61.5 Å². The molecule has 94 valence electrons. The van der Waals surface area contributed by atoms with Gasteiger partial charge in [0, 0.05) is 10.4 Å². The molecule has 2 N–H and O–H groups in total. The van der Waals surface area contributed by atoms with E-state index >= 15 is 0 Å². The van der Waals surface area contributed by atoms with Crippen molar-refractivity contribution in [2.45, 2.75) is 0 Å². The second-order valence-corrected chi connectivity index (χ2v) is 4.66. The van der Waals surface area contributed by atoms with Crippen molar-refractivity contribution in [1.29, 1.82) is 0 Å². The summed E-state index contributed by atoms with van der Waals surface area (Å²) in [4.78, 5) is 12.4. The number of carbonyl (C=O) groups excluding carboxylic acids is 1. The average Bonchev–Trinajstić information content (AvgIpc) is 2.79. The molecule has 2 rings (SSSR count). The van der Waals surface area contributed by atoms with Gasteiger partial charge in [-0.15, -0.1) is 11.3 Å². The van der Waals surface area contributed by atoms with Gasteiger partial charge in [-0.1, -0.05) is 12.1 Å². The van der Waals surface area contributed by atoms with Gasteiger partial charge in [-0.3, -0.25) is 0 Å². The molecule has 0 aliphatic heterocycles. The fraction of sp³-hybridized carbons (Fsp3) is 0.154. The first-order chi connectivity index (χ1) is 8.67. The molecule has 0 aliphatic rings. The fourth-order valence-electron chi connectivity index (χ4n) is 1.66. The largest absolute Gasteiger partial charge is 0.496 e. The number of hydrogen-bond donors (Lipinski definition) is 1. The number of thiophene rings is 1. The zero-order valence-electron chi connectivity index (χ0n) is 10.1. The third-order valence-electron chi connectivity index (χ3n) is 2.54. The number of methoxy groups -OCH3 is 2. The van der Waals surface area contributed by atoms with Crippen LogP contribution in [0.15, 0.2) is 30.3 Å². The lowest BCUT2D eigenvalue weighted by Crippen LogP contribution is -2.01. The van der Waals surface area contributed by atoms with Gasteiger partial charge in [0.1, 0.15) is 10.8 Å². The highest BCUT2D eigenvalue weighted by molar-refractivity contribution is 7.19. The van der Waals surface area contributed by atoms with Gasteiger partial charge in [0.05, 0.1) is 19.8 Å². The van der Waals surface area contributed by atoms with E-state index in [-0.39, 0.29) is 0 Å². The number of benzene rings is 1. The molecular weight excluding hydrogens is 250 g/mol. The third kappa shape index (κ3) is 2.17. The van der Waals surface area contributed by atoms with Gasteiger partial charge in [0.15, 0.2) is 0 Å². The van der Waals surface area contributed by atoms with Crippen LogP contribution in [-0.2, 0) is 4.74 Å². The zero-order chi connectivity index (χ0) is 13.1. The lowest BCUT2D eigenvalue weighted by Gasteiger charge is -2.05. The van der Waals surface area contributed by atoms with Crippen molar-refractivity contribution >= 4 is 22.3 Å². The van der Waals surface area contributed by atoms with E-state index in [1.54, 1.807) is 13.2 Å². The van der Waals surface area contributed by atoms with Crippen molar-refractivity contribution in [1.82, 2.24) is 0 Å². The van der Waals surface area contributed by atoms with Gasteiger partial charge in [0.25, 0.3) is 0 Å². The van der Waals surface area contributed by atoms with E-state index < -0.39 is 5.97 Å². The minimum Gasteiger partial charge on any atom is -0.496 e. The van der Waals surface area contributed by atoms with Crippen LogP contribution in [-0.4, -0.2) is 20.2 Å². The Morgan fingerprint density at radius 1 is 1.28 bits per heavy atom. The number of ether oxygens (including phenoxy) is 2. The van der Waals surface area contributed by atoms with Crippen LogP contribution in [0.5, 0.6) is 5.75 Å². The Morgan fingerprint density at radius 3 is 2.67 bits per heavy atom. The Hall–Kier alpha value is -2.01. The molecule has 5 heteroatoms. The van der Waals surface area contributed by atoms with Crippen molar-refractivity contribution in [2.24, 2.45) is 0 Å². The van der Waals surface area contributed by atoms with E-state index in [0.29, 0.717) is 10.6 Å². The summed E-state index contributed by atoms with van der Waals surface area (Å²) < 4.78 is 9.96. The maximum absolute atomic E-state index is 11.5. The van der Waals surface area contributed by atoms with E-state index in [2.05, 4.69) is 4.74 Å². The quantitative estimate of drug-likeness (QED) is 0.865. The molecule has 0 saturated carbocycles. The number of rotatable bonds is 3. The molecule has 0 unspecified atom stereocenters. The number of carbonyl (C=O) groups is 1. The summed E-state index contributed by atoms with van der Waals surface area (Å²) in [6.07, 6.45) is 0. The van der Waals surface area contributed by atoms with Crippen LogP contribution >= 0.6 is 11.3 Å². The number of esters is 1. The van der Waals surface area contributed by atoms with Crippen molar-refractivity contribution < 1.29 is 14.3 Å². The maximum Gasteiger partial charge on any atom is 0.340 e. The minimum absolute atomic E-state index is 0.392. The Kier molecular flexibility index (Phi) is 3.53. The molecule has 0 bridgehead atoms. The van der Waals surface area contributed by atoms with Gasteiger partial charge in [-0.05, 0) is 18.2 Å². The van der Waals surface area contributed by atoms with Gasteiger partial charge >= 0.3 is 5.97 Å². The predicted molar refractivity (Wildman–Crippen MR) is 72.1 cm³/mol. The summed E-state index contributed by atoms with van der Waals surface area (Å²) >= 11 is 1.34. The lowest BCUT2D eigenvalue weighted by molar-refractivity contribution is 0.0602. The summed E-state index contributed by atoms with van der Waals surface area (Å²) in [6.45, 7) is 0. The summed E-state index contributed by atoms with van der Waals surface area (Å²) in [6, 6.07) is 9.31. The molecule has 0 radical (unpaired) electrons. The molecule has 1 aromatic heterocycles.